The second-order valence-electron chi connectivity index (χ2n) is 6.11. The summed E-state index contributed by atoms with van der Waals surface area (Å²) in [4.78, 5) is 25.0. The van der Waals surface area contributed by atoms with Crippen LogP contribution in [0.15, 0.2) is 41.6 Å². The van der Waals surface area contributed by atoms with Gasteiger partial charge in [0.2, 0.25) is 0 Å². The van der Waals surface area contributed by atoms with Crippen LogP contribution >= 0.6 is 23.4 Å². The third-order valence-corrected chi connectivity index (χ3v) is 5.23. The molecule has 0 aliphatic carbocycles. The number of halogens is 1. The number of thioether (sulfide) groups is 1. The topological polar surface area (TPSA) is 60.7 Å². The Kier molecular flexibility index (Phi) is 5.87. The Hall–Kier alpha value is -2.31. The summed E-state index contributed by atoms with van der Waals surface area (Å²) in [6.45, 7) is 5.93. The molecule has 0 radical (unpaired) electrons. The highest BCUT2D eigenvalue weighted by Crippen LogP contribution is 2.29. The van der Waals surface area contributed by atoms with Gasteiger partial charge in [-0.05, 0) is 56.2 Å². The van der Waals surface area contributed by atoms with E-state index in [1.165, 1.54) is 11.8 Å². The van der Waals surface area contributed by atoms with Crippen molar-refractivity contribution in [3.63, 3.8) is 0 Å². The Morgan fingerprint density at radius 2 is 1.93 bits per heavy atom. The number of Topliss-reactive ketones (excluding diaryl/α,β-unsaturated/α-hetero) is 1. The molecule has 2 aromatic heterocycles. The number of hydrogen-bond acceptors (Lipinski definition) is 5. The molecule has 0 aliphatic heterocycles. The van der Waals surface area contributed by atoms with Crippen molar-refractivity contribution in [2.24, 2.45) is 0 Å². The lowest BCUT2D eigenvalue weighted by Gasteiger charge is -2.05. The van der Waals surface area contributed by atoms with Crippen LogP contribution in [0.25, 0.3) is 5.52 Å². The third kappa shape index (κ3) is 4.17. The van der Waals surface area contributed by atoms with Gasteiger partial charge in [-0.3, -0.25) is 4.79 Å². The van der Waals surface area contributed by atoms with Gasteiger partial charge in [0.1, 0.15) is 10.6 Å². The van der Waals surface area contributed by atoms with Crippen molar-refractivity contribution in [2.75, 3.05) is 12.4 Å². The van der Waals surface area contributed by atoms with Gasteiger partial charge >= 0.3 is 5.97 Å². The minimum Gasteiger partial charge on any atom is -0.462 e. The van der Waals surface area contributed by atoms with E-state index in [0.717, 1.165) is 11.1 Å². The minimum absolute atomic E-state index is 0.0589. The second kappa shape index (κ2) is 8.15. The Morgan fingerprint density at radius 1 is 1.22 bits per heavy atom. The molecule has 0 amide bonds. The summed E-state index contributed by atoms with van der Waals surface area (Å²) >= 11 is 7.10. The Labute approximate surface area is 166 Å². The summed E-state index contributed by atoms with van der Waals surface area (Å²) in [6, 6.07) is 8.73. The molecule has 0 aliphatic rings. The van der Waals surface area contributed by atoms with Gasteiger partial charge in [0, 0.05) is 16.8 Å². The van der Waals surface area contributed by atoms with Crippen LogP contribution in [-0.4, -0.2) is 33.7 Å². The predicted molar refractivity (Wildman–Crippen MR) is 107 cm³/mol. The average Bonchev–Trinajstić information content (AvgIpc) is 2.99. The number of esters is 1. The molecule has 7 heteroatoms. The smallest absolute Gasteiger partial charge is 0.343 e. The molecule has 0 atom stereocenters. The second-order valence-corrected chi connectivity index (χ2v) is 7.51. The quantitative estimate of drug-likeness (QED) is 0.338. The molecule has 1 aromatic carbocycles. The fourth-order valence-corrected chi connectivity index (χ4v) is 3.90. The maximum absolute atomic E-state index is 12.5. The zero-order chi connectivity index (χ0) is 19.6. The van der Waals surface area contributed by atoms with Crippen molar-refractivity contribution in [2.45, 2.75) is 25.8 Å². The summed E-state index contributed by atoms with van der Waals surface area (Å²) in [6.07, 6.45) is 1.86. The molecule has 27 heavy (non-hydrogen) atoms. The molecular weight excluding hydrogens is 384 g/mol. The van der Waals surface area contributed by atoms with Crippen LogP contribution in [0, 0.1) is 13.8 Å². The van der Waals surface area contributed by atoms with E-state index in [0.29, 0.717) is 26.7 Å². The number of carbonyl (C=O) groups is 2. The summed E-state index contributed by atoms with van der Waals surface area (Å²) in [5.74, 6) is -0.326. The molecule has 5 nitrogen and oxygen atoms in total. The van der Waals surface area contributed by atoms with Crippen molar-refractivity contribution in [1.82, 2.24) is 9.61 Å². The van der Waals surface area contributed by atoms with Crippen LogP contribution in [-0.2, 0) is 4.74 Å². The zero-order valence-corrected chi connectivity index (χ0v) is 16.9. The van der Waals surface area contributed by atoms with Gasteiger partial charge in [-0.1, -0.05) is 29.4 Å². The SMILES string of the molecule is CCOC(=O)c1c(SCC(=O)c2ccc(Cl)cc2)nn2cc(C)cc(C)c12. The van der Waals surface area contributed by atoms with Crippen LogP contribution in [0.3, 0.4) is 0 Å². The lowest BCUT2D eigenvalue weighted by Crippen LogP contribution is -2.07. The van der Waals surface area contributed by atoms with Crippen molar-refractivity contribution < 1.29 is 14.3 Å². The van der Waals surface area contributed by atoms with E-state index in [-0.39, 0.29) is 18.1 Å². The highest BCUT2D eigenvalue weighted by Gasteiger charge is 2.23. The van der Waals surface area contributed by atoms with E-state index in [1.54, 1.807) is 35.7 Å². The lowest BCUT2D eigenvalue weighted by molar-refractivity contribution is 0.0524. The molecule has 0 spiro atoms. The van der Waals surface area contributed by atoms with Crippen molar-refractivity contribution in [1.29, 1.82) is 0 Å². The molecular formula is C20H19ClN2O3S. The lowest BCUT2D eigenvalue weighted by atomic mass is 10.1. The summed E-state index contributed by atoms with van der Waals surface area (Å²) < 4.78 is 6.91. The zero-order valence-electron chi connectivity index (χ0n) is 15.3. The normalized spacial score (nSPS) is 11.0. The van der Waals surface area contributed by atoms with Gasteiger partial charge in [0.05, 0.1) is 17.9 Å². The summed E-state index contributed by atoms with van der Waals surface area (Å²) in [7, 11) is 0. The van der Waals surface area contributed by atoms with Gasteiger partial charge in [-0.2, -0.15) is 5.10 Å². The number of rotatable bonds is 6. The van der Waals surface area contributed by atoms with Crippen LogP contribution < -0.4 is 0 Å². The molecule has 0 saturated heterocycles. The number of carbonyl (C=O) groups excluding carboxylic acids is 2. The number of nitrogens with zero attached hydrogens (tertiary/aromatic N) is 2. The van der Waals surface area contributed by atoms with E-state index in [1.807, 2.05) is 26.1 Å². The summed E-state index contributed by atoms with van der Waals surface area (Å²) in [5.41, 5.74) is 3.65. The Bertz CT molecular complexity index is 1010. The van der Waals surface area contributed by atoms with Crippen molar-refractivity contribution >= 4 is 40.6 Å². The van der Waals surface area contributed by atoms with Crippen LogP contribution in [0.5, 0.6) is 0 Å². The van der Waals surface area contributed by atoms with Gasteiger partial charge < -0.3 is 4.74 Å². The van der Waals surface area contributed by atoms with Crippen LogP contribution in [0.1, 0.15) is 38.8 Å². The Morgan fingerprint density at radius 3 is 2.59 bits per heavy atom. The highest BCUT2D eigenvalue weighted by molar-refractivity contribution is 8.00. The number of fused-ring (bicyclic) bond motifs is 1. The molecule has 3 aromatic rings. The number of benzene rings is 1. The number of ether oxygens (including phenoxy) is 1. The first-order valence-corrected chi connectivity index (χ1v) is 9.85. The van der Waals surface area contributed by atoms with Gasteiger partial charge in [-0.25, -0.2) is 9.31 Å². The molecule has 0 N–H and O–H groups in total. The van der Waals surface area contributed by atoms with Crippen molar-refractivity contribution in [3.8, 4) is 0 Å². The van der Waals surface area contributed by atoms with E-state index in [2.05, 4.69) is 5.10 Å². The fourth-order valence-electron chi connectivity index (χ4n) is 2.87. The fraction of sp³-hybridized carbons (Fsp3) is 0.250. The van der Waals surface area contributed by atoms with E-state index in [4.69, 9.17) is 16.3 Å². The minimum atomic E-state index is -0.430. The standard InChI is InChI=1S/C20H19ClN2O3S/c1-4-26-20(25)17-18-13(3)9-12(2)10-23(18)22-19(17)27-11-16(24)14-5-7-15(21)8-6-14/h5-10H,4,11H2,1-3H3. The van der Waals surface area contributed by atoms with Gasteiger partial charge in [0.25, 0.3) is 0 Å². The van der Waals surface area contributed by atoms with E-state index < -0.39 is 5.97 Å². The number of aromatic nitrogens is 2. The first-order chi connectivity index (χ1) is 12.9. The maximum atomic E-state index is 12.5. The molecule has 0 unspecified atom stereocenters. The molecule has 3 rings (SSSR count). The predicted octanol–water partition coefficient (Wildman–Crippen LogP) is 4.76. The number of ketones is 1. The summed E-state index contributed by atoms with van der Waals surface area (Å²) in [5, 5.41) is 5.59. The largest absolute Gasteiger partial charge is 0.462 e. The van der Waals surface area contributed by atoms with Crippen LogP contribution in [0.2, 0.25) is 5.02 Å². The average molecular weight is 403 g/mol. The van der Waals surface area contributed by atoms with Crippen LogP contribution in [0.4, 0.5) is 0 Å². The number of aryl methyl sites for hydroxylation is 2. The Balaban J connectivity index is 1.94. The first kappa shape index (κ1) is 19.5. The highest BCUT2D eigenvalue weighted by atomic mass is 35.5. The molecule has 140 valence electrons. The molecule has 0 bridgehead atoms. The molecule has 2 heterocycles. The monoisotopic (exact) mass is 402 g/mol. The van der Waals surface area contributed by atoms with E-state index in [9.17, 15) is 9.59 Å². The first-order valence-electron chi connectivity index (χ1n) is 8.49. The molecule has 0 fully saturated rings. The molecule has 0 saturated carbocycles. The van der Waals surface area contributed by atoms with Crippen molar-refractivity contribution in [3.05, 3.63) is 63.8 Å². The van der Waals surface area contributed by atoms with Gasteiger partial charge in [-0.15, -0.1) is 0 Å². The van der Waals surface area contributed by atoms with Gasteiger partial charge in [0.15, 0.2) is 5.78 Å². The maximum Gasteiger partial charge on any atom is 0.343 e. The number of pyridine rings is 1. The third-order valence-electron chi connectivity index (χ3n) is 4.01. The van der Waals surface area contributed by atoms with E-state index >= 15 is 0 Å². The number of hydrogen-bond donors (Lipinski definition) is 0.